The van der Waals surface area contributed by atoms with Crippen molar-refractivity contribution in [3.05, 3.63) is 18.0 Å². The van der Waals surface area contributed by atoms with Gasteiger partial charge in [0.1, 0.15) is 0 Å². The van der Waals surface area contributed by atoms with E-state index in [4.69, 9.17) is 4.74 Å². The number of aryl methyl sites for hydroxylation is 1. The molecule has 0 amide bonds. The Morgan fingerprint density at radius 3 is 3.06 bits per heavy atom. The van der Waals surface area contributed by atoms with Crippen molar-refractivity contribution in [2.45, 2.75) is 45.6 Å². The number of hydrogen-bond donors (Lipinski definition) is 0. The molecule has 16 heavy (non-hydrogen) atoms. The first-order chi connectivity index (χ1) is 7.75. The molecule has 1 aliphatic heterocycles. The predicted octanol–water partition coefficient (Wildman–Crippen LogP) is 2.82. The normalized spacial score (nSPS) is 21.6. The fraction of sp³-hybridized carbons (Fsp3) is 0.769. The van der Waals surface area contributed by atoms with Gasteiger partial charge in [0.05, 0.1) is 6.20 Å². The van der Waals surface area contributed by atoms with Crippen molar-refractivity contribution in [1.82, 2.24) is 9.78 Å². The lowest BCUT2D eigenvalue weighted by molar-refractivity contribution is 0.0497. The lowest BCUT2D eigenvalue weighted by atomic mass is 9.99. The van der Waals surface area contributed by atoms with Crippen molar-refractivity contribution < 1.29 is 4.74 Å². The van der Waals surface area contributed by atoms with Gasteiger partial charge in [0.2, 0.25) is 0 Å². The Bertz CT molecular complexity index is 313. The third-order valence-corrected chi connectivity index (χ3v) is 3.34. The van der Waals surface area contributed by atoms with Crippen LogP contribution in [0.3, 0.4) is 0 Å². The molecule has 2 rings (SSSR count). The monoisotopic (exact) mass is 222 g/mol. The standard InChI is InChI=1S/C13H22N2O/c1-11(2)13-8-14-15(9-13)6-5-12-4-3-7-16-10-12/h8-9,11-12H,3-7,10H2,1-2H3. The van der Waals surface area contributed by atoms with Crippen LogP contribution in [0.15, 0.2) is 12.4 Å². The molecule has 90 valence electrons. The number of nitrogens with zero attached hydrogens (tertiary/aromatic N) is 2. The fourth-order valence-electron chi connectivity index (χ4n) is 2.15. The SMILES string of the molecule is CC(C)c1cnn(CCC2CCCOC2)c1. The van der Waals surface area contributed by atoms with Crippen molar-refractivity contribution in [1.29, 1.82) is 0 Å². The summed E-state index contributed by atoms with van der Waals surface area (Å²) < 4.78 is 7.56. The summed E-state index contributed by atoms with van der Waals surface area (Å²) in [5, 5.41) is 4.40. The predicted molar refractivity (Wildman–Crippen MR) is 64.5 cm³/mol. The maximum absolute atomic E-state index is 5.48. The molecule has 1 aromatic rings. The van der Waals surface area contributed by atoms with Gasteiger partial charge in [-0.2, -0.15) is 5.10 Å². The fourth-order valence-corrected chi connectivity index (χ4v) is 2.15. The minimum atomic E-state index is 0.576. The van der Waals surface area contributed by atoms with Gasteiger partial charge in [-0.1, -0.05) is 13.8 Å². The average Bonchev–Trinajstić information content (AvgIpc) is 2.76. The van der Waals surface area contributed by atoms with Crippen LogP contribution in [0.4, 0.5) is 0 Å². The molecule has 1 fully saturated rings. The van der Waals surface area contributed by atoms with Gasteiger partial charge >= 0.3 is 0 Å². The summed E-state index contributed by atoms with van der Waals surface area (Å²) in [6, 6.07) is 0. The van der Waals surface area contributed by atoms with E-state index in [0.717, 1.165) is 25.7 Å². The first-order valence-electron chi connectivity index (χ1n) is 6.36. The Balaban J connectivity index is 1.79. The Morgan fingerprint density at radius 2 is 2.44 bits per heavy atom. The first-order valence-corrected chi connectivity index (χ1v) is 6.36. The van der Waals surface area contributed by atoms with E-state index in [-0.39, 0.29) is 0 Å². The second-order valence-electron chi connectivity index (χ2n) is 5.06. The highest BCUT2D eigenvalue weighted by atomic mass is 16.5. The van der Waals surface area contributed by atoms with E-state index in [2.05, 4.69) is 29.8 Å². The summed E-state index contributed by atoms with van der Waals surface area (Å²) in [5.74, 6) is 1.31. The molecule has 0 spiro atoms. The first kappa shape index (κ1) is 11.6. The molecule has 3 nitrogen and oxygen atoms in total. The molecule has 2 heterocycles. The van der Waals surface area contributed by atoms with Gasteiger partial charge < -0.3 is 4.74 Å². The summed E-state index contributed by atoms with van der Waals surface area (Å²) >= 11 is 0. The van der Waals surface area contributed by atoms with Gasteiger partial charge in [-0.3, -0.25) is 4.68 Å². The largest absolute Gasteiger partial charge is 0.381 e. The minimum absolute atomic E-state index is 0.576. The number of ether oxygens (including phenoxy) is 1. The molecular weight excluding hydrogens is 200 g/mol. The van der Waals surface area contributed by atoms with Gasteiger partial charge in [-0.05, 0) is 36.7 Å². The molecule has 0 radical (unpaired) electrons. The smallest absolute Gasteiger partial charge is 0.0524 e. The molecule has 3 heteroatoms. The zero-order valence-electron chi connectivity index (χ0n) is 10.4. The van der Waals surface area contributed by atoms with E-state index in [1.54, 1.807) is 0 Å². The lowest BCUT2D eigenvalue weighted by Gasteiger charge is -2.21. The molecule has 0 aromatic carbocycles. The zero-order valence-corrected chi connectivity index (χ0v) is 10.4. The quantitative estimate of drug-likeness (QED) is 0.783. The number of rotatable bonds is 4. The Labute approximate surface area is 97.8 Å². The van der Waals surface area contributed by atoms with E-state index in [1.165, 1.54) is 24.8 Å². The van der Waals surface area contributed by atoms with Gasteiger partial charge in [-0.15, -0.1) is 0 Å². The van der Waals surface area contributed by atoms with Crippen molar-refractivity contribution in [2.75, 3.05) is 13.2 Å². The van der Waals surface area contributed by atoms with Crippen molar-refractivity contribution in [2.24, 2.45) is 5.92 Å². The molecule has 0 bridgehead atoms. The molecule has 0 aliphatic carbocycles. The highest BCUT2D eigenvalue weighted by Crippen LogP contribution is 2.18. The summed E-state index contributed by atoms with van der Waals surface area (Å²) in [6.07, 6.45) is 7.90. The van der Waals surface area contributed by atoms with Gasteiger partial charge in [0.25, 0.3) is 0 Å². The maximum atomic E-state index is 5.48. The Hall–Kier alpha value is -0.830. The summed E-state index contributed by atoms with van der Waals surface area (Å²) in [7, 11) is 0. The van der Waals surface area contributed by atoms with Gasteiger partial charge in [0, 0.05) is 26.0 Å². The van der Waals surface area contributed by atoms with Gasteiger partial charge in [0.15, 0.2) is 0 Å². The zero-order chi connectivity index (χ0) is 11.4. The third kappa shape index (κ3) is 3.08. The second kappa shape index (κ2) is 5.48. The molecule has 1 aliphatic rings. The van der Waals surface area contributed by atoms with E-state index in [1.807, 2.05) is 6.20 Å². The van der Waals surface area contributed by atoms with Crippen LogP contribution in [0.2, 0.25) is 0 Å². The third-order valence-electron chi connectivity index (χ3n) is 3.34. The second-order valence-corrected chi connectivity index (χ2v) is 5.06. The van der Waals surface area contributed by atoms with Crippen LogP contribution < -0.4 is 0 Å². The average molecular weight is 222 g/mol. The van der Waals surface area contributed by atoms with Crippen LogP contribution in [0, 0.1) is 5.92 Å². The van der Waals surface area contributed by atoms with Crippen molar-refractivity contribution in [3.63, 3.8) is 0 Å². The van der Waals surface area contributed by atoms with E-state index in [9.17, 15) is 0 Å². The van der Waals surface area contributed by atoms with E-state index >= 15 is 0 Å². The molecule has 1 atom stereocenters. The topological polar surface area (TPSA) is 27.1 Å². The molecule has 1 aromatic heterocycles. The van der Waals surface area contributed by atoms with Crippen LogP contribution in [0.5, 0.6) is 0 Å². The minimum Gasteiger partial charge on any atom is -0.381 e. The molecular formula is C13H22N2O. The highest BCUT2D eigenvalue weighted by Gasteiger charge is 2.13. The van der Waals surface area contributed by atoms with Crippen LogP contribution >= 0.6 is 0 Å². The molecule has 1 unspecified atom stereocenters. The van der Waals surface area contributed by atoms with Gasteiger partial charge in [-0.25, -0.2) is 0 Å². The van der Waals surface area contributed by atoms with Crippen LogP contribution in [-0.4, -0.2) is 23.0 Å². The molecule has 0 saturated carbocycles. The van der Waals surface area contributed by atoms with E-state index < -0.39 is 0 Å². The van der Waals surface area contributed by atoms with Crippen LogP contribution in [0.1, 0.15) is 44.6 Å². The summed E-state index contributed by atoms with van der Waals surface area (Å²) in [6.45, 7) is 7.33. The number of aromatic nitrogens is 2. The molecule has 0 N–H and O–H groups in total. The highest BCUT2D eigenvalue weighted by molar-refractivity contribution is 5.08. The summed E-state index contributed by atoms with van der Waals surface area (Å²) in [4.78, 5) is 0. The van der Waals surface area contributed by atoms with Crippen molar-refractivity contribution in [3.8, 4) is 0 Å². The van der Waals surface area contributed by atoms with Crippen LogP contribution in [-0.2, 0) is 11.3 Å². The summed E-state index contributed by atoms with van der Waals surface area (Å²) in [5.41, 5.74) is 1.33. The lowest BCUT2D eigenvalue weighted by Crippen LogP contribution is -2.19. The Kier molecular flexibility index (Phi) is 3.99. The molecule has 1 saturated heterocycles. The van der Waals surface area contributed by atoms with Crippen molar-refractivity contribution >= 4 is 0 Å². The Morgan fingerprint density at radius 1 is 1.56 bits per heavy atom. The van der Waals surface area contributed by atoms with Crippen LogP contribution in [0.25, 0.3) is 0 Å². The maximum Gasteiger partial charge on any atom is 0.0524 e. The number of hydrogen-bond acceptors (Lipinski definition) is 2. The van der Waals surface area contributed by atoms with E-state index in [0.29, 0.717) is 5.92 Å².